The second kappa shape index (κ2) is 21.4. The van der Waals surface area contributed by atoms with E-state index in [1.807, 2.05) is 96.3 Å². The number of H-pyrrole nitrogens is 2. The number of aromatic amines is 2. The van der Waals surface area contributed by atoms with Gasteiger partial charge < -0.3 is 20.9 Å². The van der Waals surface area contributed by atoms with Crippen molar-refractivity contribution in [3.05, 3.63) is 119 Å². The van der Waals surface area contributed by atoms with Gasteiger partial charge in [-0.05, 0) is 7.05 Å². The molecule has 0 saturated carbocycles. The molecule has 8 heterocycles. The number of aromatic nitrogens is 12. The molecule has 0 unspecified atom stereocenters. The second-order valence-corrected chi connectivity index (χ2v) is 15.4. The summed E-state index contributed by atoms with van der Waals surface area (Å²) in [5.74, 6) is 1.90. The highest BCUT2D eigenvalue weighted by molar-refractivity contribution is 5.92. The van der Waals surface area contributed by atoms with Gasteiger partial charge in [-0.15, -0.1) is 0 Å². The van der Waals surface area contributed by atoms with Crippen LogP contribution in [0.15, 0.2) is 107 Å². The van der Waals surface area contributed by atoms with Crippen LogP contribution in [-0.4, -0.2) is 147 Å². The van der Waals surface area contributed by atoms with Crippen LogP contribution in [0.3, 0.4) is 0 Å². The Morgan fingerprint density at radius 2 is 1.00 bits per heavy atom. The molecule has 8 aromatic rings. The Hall–Kier alpha value is -7.26. The number of anilines is 4. The number of likely N-dealkylation sites (N-methyl/N-ethyl adjacent to an activating group) is 1. The standard InChI is InChI=1S/C22H25N9O.C21H23N9O.C2H6/c1-29-7-9-30(10-8-29)11-12-31-15-17(13-24-31)25-21-19-18(14-23-28-22(19)32)26-20(27-21)16-5-3-2-4-6-16;31-21-18-17(13-23-28-21)26-19(15-4-2-1-3-5-15)27-20(18)25-16-12-24-30(14-16)11-10-29-8-6-22-7-9-29;1-2/h2-6,13-15H,7-12H2,1H3,(H,28,32)(H,25,26,27);1-5,12-14,22H,6-11H2,(H,28,31)(H,25,26,27);1-2H3. The van der Waals surface area contributed by atoms with Crippen LogP contribution in [0, 0.1) is 0 Å². The molecule has 0 spiro atoms. The minimum Gasteiger partial charge on any atom is -0.337 e. The first kappa shape index (κ1) is 44.4. The van der Waals surface area contributed by atoms with E-state index in [0.717, 1.165) is 101 Å². The lowest BCUT2D eigenvalue weighted by molar-refractivity contribution is 0.149. The molecule has 0 amide bonds. The summed E-state index contributed by atoms with van der Waals surface area (Å²) < 4.78 is 3.81. The van der Waals surface area contributed by atoms with Crippen molar-refractivity contribution in [3.63, 3.8) is 0 Å². The molecule has 0 bridgehead atoms. The van der Waals surface area contributed by atoms with Gasteiger partial charge in [0.2, 0.25) is 0 Å². The first-order chi connectivity index (χ1) is 31.9. The van der Waals surface area contributed by atoms with E-state index in [9.17, 15) is 9.59 Å². The van der Waals surface area contributed by atoms with Crippen LogP contribution in [-0.2, 0) is 13.1 Å². The van der Waals surface area contributed by atoms with Crippen LogP contribution in [0.2, 0.25) is 0 Å². The molecule has 0 radical (unpaired) electrons. The fraction of sp³-hybridized carbons (Fsp3) is 0.333. The van der Waals surface area contributed by atoms with Crippen molar-refractivity contribution in [3.8, 4) is 22.8 Å². The summed E-state index contributed by atoms with van der Waals surface area (Å²) in [7, 11) is 2.16. The minimum absolute atomic E-state index is 0.341. The molecule has 2 aliphatic heterocycles. The fourth-order valence-corrected chi connectivity index (χ4v) is 7.49. The van der Waals surface area contributed by atoms with Crippen LogP contribution >= 0.6 is 0 Å². The maximum absolute atomic E-state index is 12.5. The van der Waals surface area contributed by atoms with E-state index in [4.69, 9.17) is 0 Å². The van der Waals surface area contributed by atoms with Crippen molar-refractivity contribution in [2.75, 3.05) is 83.1 Å². The van der Waals surface area contributed by atoms with Gasteiger partial charge in [0.25, 0.3) is 11.1 Å². The minimum atomic E-state index is -0.342. The third-order valence-electron chi connectivity index (χ3n) is 11.0. The zero-order valence-electron chi connectivity index (χ0n) is 36.9. The predicted octanol–water partition coefficient (Wildman–Crippen LogP) is 3.82. The zero-order valence-corrected chi connectivity index (χ0v) is 36.9. The molecule has 20 nitrogen and oxygen atoms in total. The zero-order chi connectivity index (χ0) is 45.0. The normalized spacial score (nSPS) is 14.6. The summed E-state index contributed by atoms with van der Waals surface area (Å²) in [6, 6.07) is 19.3. The highest BCUT2D eigenvalue weighted by Gasteiger charge is 2.17. The Bertz CT molecular complexity index is 2880. The monoisotopic (exact) mass is 878 g/mol. The van der Waals surface area contributed by atoms with Crippen molar-refractivity contribution in [1.82, 2.24) is 79.9 Å². The van der Waals surface area contributed by atoms with Gasteiger partial charge in [0.15, 0.2) is 11.6 Å². The Balaban J connectivity index is 0.000000171. The summed E-state index contributed by atoms with van der Waals surface area (Å²) in [4.78, 5) is 50.5. The molecule has 0 aliphatic carbocycles. The number of benzene rings is 2. The van der Waals surface area contributed by atoms with Gasteiger partial charge in [-0.3, -0.25) is 28.8 Å². The topological polar surface area (TPSA) is 225 Å². The van der Waals surface area contributed by atoms with Gasteiger partial charge in [0, 0.05) is 89.0 Å². The van der Waals surface area contributed by atoms with E-state index in [-0.39, 0.29) is 11.1 Å². The number of hydrogen-bond acceptors (Lipinski definition) is 16. The van der Waals surface area contributed by atoms with Crippen molar-refractivity contribution in [2.45, 2.75) is 26.9 Å². The number of piperazine rings is 2. The third-order valence-corrected chi connectivity index (χ3v) is 11.0. The molecule has 0 atom stereocenters. The molecule has 2 aromatic carbocycles. The van der Waals surface area contributed by atoms with E-state index in [2.05, 4.69) is 88.2 Å². The lowest BCUT2D eigenvalue weighted by Crippen LogP contribution is -2.45. The molecular formula is C45H54N18O2. The van der Waals surface area contributed by atoms with E-state index < -0.39 is 0 Å². The summed E-state index contributed by atoms with van der Waals surface area (Å²) in [6.07, 6.45) is 10.4. The second-order valence-electron chi connectivity index (χ2n) is 15.4. The van der Waals surface area contributed by atoms with Gasteiger partial charge >= 0.3 is 0 Å². The first-order valence-corrected chi connectivity index (χ1v) is 22.0. The van der Waals surface area contributed by atoms with Crippen molar-refractivity contribution in [2.24, 2.45) is 0 Å². The number of nitrogens with zero attached hydrogens (tertiary/aromatic N) is 13. The van der Waals surface area contributed by atoms with Crippen molar-refractivity contribution in [1.29, 1.82) is 0 Å². The van der Waals surface area contributed by atoms with Crippen LogP contribution in [0.1, 0.15) is 13.8 Å². The van der Waals surface area contributed by atoms with E-state index >= 15 is 0 Å². The average Bonchev–Trinajstić information content (AvgIpc) is 4.01. The first-order valence-electron chi connectivity index (χ1n) is 22.0. The van der Waals surface area contributed by atoms with Crippen LogP contribution < -0.4 is 27.1 Å². The highest BCUT2D eigenvalue weighted by Crippen LogP contribution is 2.26. The van der Waals surface area contributed by atoms with Gasteiger partial charge in [-0.1, -0.05) is 74.5 Å². The molecule has 2 saturated heterocycles. The number of fused-ring (bicyclic) bond motifs is 2. The smallest absolute Gasteiger partial charge is 0.277 e. The van der Waals surface area contributed by atoms with E-state index in [1.54, 1.807) is 12.4 Å². The number of nitrogens with one attached hydrogen (secondary N) is 5. The number of hydrogen-bond donors (Lipinski definition) is 5. The quantitative estimate of drug-likeness (QED) is 0.118. The average molecular weight is 879 g/mol. The Labute approximate surface area is 375 Å². The maximum atomic E-state index is 12.5. The van der Waals surface area contributed by atoms with E-state index in [1.165, 1.54) is 12.4 Å². The summed E-state index contributed by atoms with van der Waals surface area (Å²) in [6.45, 7) is 16.0. The van der Waals surface area contributed by atoms with Gasteiger partial charge in [0.05, 0.1) is 49.3 Å². The highest BCUT2D eigenvalue weighted by atomic mass is 16.1. The molecule has 10 rings (SSSR count). The molecule has 336 valence electrons. The lowest BCUT2D eigenvalue weighted by Gasteiger charge is -2.32. The van der Waals surface area contributed by atoms with Crippen LogP contribution in [0.4, 0.5) is 23.0 Å². The van der Waals surface area contributed by atoms with Crippen LogP contribution in [0.25, 0.3) is 44.6 Å². The van der Waals surface area contributed by atoms with Gasteiger partial charge in [0.1, 0.15) is 33.4 Å². The van der Waals surface area contributed by atoms with Crippen LogP contribution in [0.5, 0.6) is 0 Å². The molecule has 2 aliphatic rings. The molecule has 2 fully saturated rings. The fourth-order valence-electron chi connectivity index (χ4n) is 7.49. The van der Waals surface area contributed by atoms with Gasteiger partial charge in [-0.2, -0.15) is 20.4 Å². The SMILES string of the molecule is CC.CN1CCN(CCn2cc(Nc3nc(-c4ccccc4)nc4cn[nH]c(=O)c34)cn2)CC1.O=c1[nH]ncc2nc(-c3ccccc3)nc(Nc3cnn(CCN4CCNCC4)c3)c12. The predicted molar refractivity (Wildman–Crippen MR) is 252 cm³/mol. The Kier molecular flexibility index (Phi) is 14.6. The molecule has 65 heavy (non-hydrogen) atoms. The summed E-state index contributed by atoms with van der Waals surface area (Å²) >= 11 is 0. The lowest BCUT2D eigenvalue weighted by atomic mass is 10.2. The third kappa shape index (κ3) is 11.3. The van der Waals surface area contributed by atoms with Crippen molar-refractivity contribution >= 4 is 44.8 Å². The Morgan fingerprint density at radius 1 is 0.554 bits per heavy atom. The molecule has 5 N–H and O–H groups in total. The molecular weight excluding hydrogens is 825 g/mol. The Morgan fingerprint density at radius 3 is 1.46 bits per heavy atom. The molecule has 6 aromatic heterocycles. The van der Waals surface area contributed by atoms with Crippen molar-refractivity contribution < 1.29 is 0 Å². The molecule has 20 heteroatoms. The van der Waals surface area contributed by atoms with E-state index in [0.29, 0.717) is 45.1 Å². The number of rotatable bonds is 12. The maximum Gasteiger partial charge on any atom is 0.277 e. The largest absolute Gasteiger partial charge is 0.337 e. The summed E-state index contributed by atoms with van der Waals surface area (Å²) in [5.41, 5.74) is 3.52. The van der Waals surface area contributed by atoms with Gasteiger partial charge in [-0.25, -0.2) is 30.1 Å². The summed E-state index contributed by atoms with van der Waals surface area (Å²) in [5, 5.41) is 32.2.